The van der Waals surface area contributed by atoms with E-state index in [2.05, 4.69) is 11.9 Å². The van der Waals surface area contributed by atoms with E-state index >= 15 is 0 Å². The van der Waals surface area contributed by atoms with Gasteiger partial charge in [-0.2, -0.15) is 8.42 Å². The van der Waals surface area contributed by atoms with Gasteiger partial charge in [0.1, 0.15) is 0 Å². The number of carbonyl (C=O) groups is 1. The molecule has 4 N–H and O–H groups in total. The molecule has 0 bridgehead atoms. The van der Waals surface area contributed by atoms with E-state index in [0.29, 0.717) is 13.0 Å². The van der Waals surface area contributed by atoms with Crippen LogP contribution in [0.3, 0.4) is 0 Å². The summed E-state index contributed by atoms with van der Waals surface area (Å²) in [6, 6.07) is 0. The molecule has 0 fully saturated rings. The van der Waals surface area contributed by atoms with Gasteiger partial charge in [0.25, 0.3) is 16.0 Å². The Labute approximate surface area is 76.6 Å². The smallest absolute Gasteiger partial charge is 0.299 e. The van der Waals surface area contributed by atoms with Crippen molar-refractivity contribution < 1.29 is 17.8 Å². The Morgan fingerprint density at radius 1 is 1.54 bits per heavy atom. The largest absolute Gasteiger partial charge is 0.351 e. The van der Waals surface area contributed by atoms with Crippen LogP contribution in [-0.4, -0.2) is 32.0 Å². The molecule has 0 unspecified atom stereocenters. The van der Waals surface area contributed by atoms with Gasteiger partial charge in [-0.3, -0.25) is 9.35 Å². The standard InChI is InChI=1S/C6H12N2O4S/c1-5(13(10,11)12)6(9)8-4-2-3-7/h1-4,7H2,(H,8,9)(H,10,11,12). The molecule has 0 saturated heterocycles. The summed E-state index contributed by atoms with van der Waals surface area (Å²) in [6.07, 6.45) is 0.532. The van der Waals surface area contributed by atoms with Crippen molar-refractivity contribution >= 4 is 16.0 Å². The van der Waals surface area contributed by atoms with Crippen molar-refractivity contribution in [3.63, 3.8) is 0 Å². The molecular weight excluding hydrogens is 196 g/mol. The van der Waals surface area contributed by atoms with Crippen LogP contribution in [0.4, 0.5) is 0 Å². The van der Waals surface area contributed by atoms with Crippen LogP contribution in [0.15, 0.2) is 11.5 Å². The summed E-state index contributed by atoms with van der Waals surface area (Å²) in [7, 11) is -4.48. The third kappa shape index (κ3) is 4.61. The molecule has 76 valence electrons. The lowest BCUT2D eigenvalue weighted by Gasteiger charge is -2.03. The number of rotatable bonds is 5. The molecular formula is C6H12N2O4S. The van der Waals surface area contributed by atoms with Crippen molar-refractivity contribution in [3.05, 3.63) is 11.5 Å². The van der Waals surface area contributed by atoms with Crippen LogP contribution >= 0.6 is 0 Å². The number of hydrogen-bond donors (Lipinski definition) is 3. The second-order valence-electron chi connectivity index (χ2n) is 2.30. The third-order valence-corrected chi connectivity index (χ3v) is 2.04. The van der Waals surface area contributed by atoms with Gasteiger partial charge in [0.2, 0.25) is 0 Å². The van der Waals surface area contributed by atoms with E-state index in [1.807, 2.05) is 0 Å². The topological polar surface area (TPSA) is 109 Å². The molecule has 1 amide bonds. The minimum absolute atomic E-state index is 0.254. The summed E-state index contributed by atoms with van der Waals surface area (Å²) in [5.41, 5.74) is 5.14. The molecule has 0 aliphatic carbocycles. The highest BCUT2D eigenvalue weighted by Gasteiger charge is 2.18. The molecule has 0 aliphatic rings. The molecule has 13 heavy (non-hydrogen) atoms. The fourth-order valence-electron chi connectivity index (χ4n) is 0.520. The van der Waals surface area contributed by atoms with Gasteiger partial charge in [0.05, 0.1) is 0 Å². The quantitative estimate of drug-likeness (QED) is 0.300. The zero-order chi connectivity index (χ0) is 10.5. The van der Waals surface area contributed by atoms with Crippen LogP contribution in [-0.2, 0) is 14.9 Å². The predicted molar refractivity (Wildman–Crippen MR) is 47.4 cm³/mol. The Hall–Kier alpha value is -0.920. The Morgan fingerprint density at radius 2 is 2.08 bits per heavy atom. The van der Waals surface area contributed by atoms with Crippen molar-refractivity contribution in [3.8, 4) is 0 Å². The van der Waals surface area contributed by atoms with E-state index in [-0.39, 0.29) is 6.54 Å². The molecule has 7 heteroatoms. The van der Waals surface area contributed by atoms with E-state index < -0.39 is 20.9 Å². The average Bonchev–Trinajstić information content (AvgIpc) is 2.01. The van der Waals surface area contributed by atoms with Gasteiger partial charge < -0.3 is 11.1 Å². The van der Waals surface area contributed by atoms with Gasteiger partial charge in [-0.15, -0.1) is 0 Å². The summed E-state index contributed by atoms with van der Waals surface area (Å²) in [6.45, 7) is 3.56. The van der Waals surface area contributed by atoms with Crippen molar-refractivity contribution in [2.45, 2.75) is 6.42 Å². The number of nitrogens with one attached hydrogen (secondary N) is 1. The van der Waals surface area contributed by atoms with E-state index in [4.69, 9.17) is 10.3 Å². The number of hydrogen-bond acceptors (Lipinski definition) is 4. The summed E-state index contributed by atoms with van der Waals surface area (Å²) in [4.78, 5) is 10.0. The maximum atomic E-state index is 10.9. The maximum Gasteiger partial charge on any atom is 0.299 e. The first-order valence-corrected chi connectivity index (χ1v) is 4.98. The molecule has 0 radical (unpaired) electrons. The lowest BCUT2D eigenvalue weighted by atomic mass is 10.4. The first kappa shape index (κ1) is 12.1. The van der Waals surface area contributed by atoms with Gasteiger partial charge in [-0.25, -0.2) is 0 Å². The molecule has 0 aromatic carbocycles. The second-order valence-corrected chi connectivity index (χ2v) is 3.74. The summed E-state index contributed by atoms with van der Waals surface area (Å²) < 4.78 is 29.2. The SMILES string of the molecule is C=C(C(=O)NCCCN)S(=O)(=O)O. The molecule has 0 rings (SSSR count). The molecule has 0 atom stereocenters. The fourth-order valence-corrected chi connectivity index (χ4v) is 0.826. The molecule has 0 aliphatic heterocycles. The maximum absolute atomic E-state index is 10.9. The zero-order valence-corrected chi connectivity index (χ0v) is 7.80. The Balaban J connectivity index is 4.07. The number of carbonyl (C=O) groups excluding carboxylic acids is 1. The van der Waals surface area contributed by atoms with Crippen LogP contribution in [0.25, 0.3) is 0 Å². The van der Waals surface area contributed by atoms with Crippen molar-refractivity contribution in [1.29, 1.82) is 0 Å². The lowest BCUT2D eigenvalue weighted by Crippen LogP contribution is -2.29. The minimum Gasteiger partial charge on any atom is -0.351 e. The highest BCUT2D eigenvalue weighted by molar-refractivity contribution is 7.90. The monoisotopic (exact) mass is 208 g/mol. The predicted octanol–water partition coefficient (Wildman–Crippen LogP) is -1.15. The van der Waals surface area contributed by atoms with Crippen molar-refractivity contribution in [2.24, 2.45) is 5.73 Å². The minimum atomic E-state index is -4.48. The van der Waals surface area contributed by atoms with Gasteiger partial charge in [-0.1, -0.05) is 6.58 Å². The number of nitrogens with two attached hydrogens (primary N) is 1. The summed E-state index contributed by atoms with van der Waals surface area (Å²) in [5.74, 6) is -0.907. The Bertz CT molecular complexity index is 296. The molecule has 0 heterocycles. The third-order valence-electron chi connectivity index (χ3n) is 1.23. The van der Waals surface area contributed by atoms with E-state index in [9.17, 15) is 13.2 Å². The van der Waals surface area contributed by atoms with E-state index in [1.165, 1.54) is 0 Å². The number of amides is 1. The van der Waals surface area contributed by atoms with Crippen molar-refractivity contribution in [1.82, 2.24) is 5.32 Å². The first-order valence-electron chi connectivity index (χ1n) is 3.54. The lowest BCUT2D eigenvalue weighted by molar-refractivity contribution is -0.116. The molecule has 0 aromatic heterocycles. The Morgan fingerprint density at radius 3 is 2.46 bits per heavy atom. The fraction of sp³-hybridized carbons (Fsp3) is 0.500. The normalized spacial score (nSPS) is 10.9. The van der Waals surface area contributed by atoms with Crippen LogP contribution in [0.5, 0.6) is 0 Å². The first-order chi connectivity index (χ1) is 5.89. The van der Waals surface area contributed by atoms with E-state index in [0.717, 1.165) is 0 Å². The van der Waals surface area contributed by atoms with Crippen molar-refractivity contribution in [2.75, 3.05) is 13.1 Å². The zero-order valence-electron chi connectivity index (χ0n) is 6.99. The molecule has 6 nitrogen and oxygen atoms in total. The van der Waals surface area contributed by atoms with Crippen LogP contribution in [0, 0.1) is 0 Å². The summed E-state index contributed by atoms with van der Waals surface area (Å²) in [5, 5.41) is 2.23. The highest BCUT2D eigenvalue weighted by Crippen LogP contribution is 1.99. The molecule has 0 aromatic rings. The second kappa shape index (κ2) is 4.95. The van der Waals surface area contributed by atoms with E-state index in [1.54, 1.807) is 0 Å². The van der Waals surface area contributed by atoms with Gasteiger partial charge in [0, 0.05) is 6.54 Å². The van der Waals surface area contributed by atoms with Gasteiger partial charge in [-0.05, 0) is 13.0 Å². The van der Waals surface area contributed by atoms with Crippen LogP contribution in [0.1, 0.15) is 6.42 Å². The summed E-state index contributed by atoms with van der Waals surface area (Å²) >= 11 is 0. The molecule has 0 spiro atoms. The highest BCUT2D eigenvalue weighted by atomic mass is 32.2. The Kier molecular flexibility index (Phi) is 4.60. The average molecular weight is 208 g/mol. The van der Waals surface area contributed by atoms with Crippen LogP contribution < -0.4 is 11.1 Å². The van der Waals surface area contributed by atoms with Gasteiger partial charge >= 0.3 is 0 Å². The van der Waals surface area contributed by atoms with Gasteiger partial charge in [0.15, 0.2) is 4.91 Å². The van der Waals surface area contributed by atoms with Crippen LogP contribution in [0.2, 0.25) is 0 Å². The molecule has 0 saturated carbocycles.